The second-order valence-corrected chi connectivity index (χ2v) is 4.48. The normalized spacial score (nSPS) is 24.6. The van der Waals surface area contributed by atoms with Gasteiger partial charge in [0.25, 0.3) is 0 Å². The smallest absolute Gasteiger partial charge is 0.239 e. The van der Waals surface area contributed by atoms with Gasteiger partial charge in [0.05, 0.1) is 6.04 Å². The molecular weight excluding hydrogens is 204 g/mol. The third-order valence-corrected chi connectivity index (χ3v) is 3.27. The fraction of sp³-hybridized carbons (Fsp3) is 0.545. The standard InChI is InChI=1S/C11H16N4O/c1-14-4-5-15-8(6-14)7-16-11-9(15)2-3-10(12)13-11/h2-3,8H,4-7H2,1H3,(H2,12,13)/t8-/m0/s1. The monoisotopic (exact) mass is 220 g/mol. The molecule has 0 bridgehead atoms. The third kappa shape index (κ3) is 1.48. The number of pyridine rings is 1. The maximum absolute atomic E-state index is 5.66. The summed E-state index contributed by atoms with van der Waals surface area (Å²) in [7, 11) is 2.15. The predicted molar refractivity (Wildman–Crippen MR) is 62.8 cm³/mol. The molecule has 1 atom stereocenters. The van der Waals surface area contributed by atoms with Crippen molar-refractivity contribution in [1.29, 1.82) is 0 Å². The van der Waals surface area contributed by atoms with Crippen LogP contribution in [0.25, 0.3) is 0 Å². The minimum absolute atomic E-state index is 0.441. The van der Waals surface area contributed by atoms with E-state index in [0.29, 0.717) is 24.3 Å². The summed E-state index contributed by atoms with van der Waals surface area (Å²) in [5, 5.41) is 0. The zero-order valence-corrected chi connectivity index (χ0v) is 9.39. The van der Waals surface area contributed by atoms with E-state index in [-0.39, 0.29) is 0 Å². The van der Waals surface area contributed by atoms with Crippen LogP contribution in [0, 0.1) is 0 Å². The van der Waals surface area contributed by atoms with Crippen molar-refractivity contribution in [3.8, 4) is 5.88 Å². The maximum Gasteiger partial charge on any atom is 0.239 e. The Balaban J connectivity index is 1.94. The first kappa shape index (κ1) is 9.72. The summed E-state index contributed by atoms with van der Waals surface area (Å²) in [5.41, 5.74) is 6.74. The molecule has 0 aromatic carbocycles. The summed E-state index contributed by atoms with van der Waals surface area (Å²) in [4.78, 5) is 8.94. The van der Waals surface area contributed by atoms with Crippen molar-refractivity contribution in [2.75, 3.05) is 43.9 Å². The lowest BCUT2D eigenvalue weighted by Crippen LogP contribution is -2.56. The minimum atomic E-state index is 0.441. The van der Waals surface area contributed by atoms with Gasteiger partial charge in [-0.15, -0.1) is 0 Å². The molecule has 2 N–H and O–H groups in total. The van der Waals surface area contributed by atoms with Crippen LogP contribution in [0.15, 0.2) is 12.1 Å². The summed E-state index contributed by atoms with van der Waals surface area (Å²) in [6.45, 7) is 3.86. The number of ether oxygens (including phenoxy) is 1. The van der Waals surface area contributed by atoms with Crippen LogP contribution in [0.2, 0.25) is 0 Å². The molecule has 3 heterocycles. The number of nitrogens with two attached hydrogens (primary N) is 1. The Hall–Kier alpha value is -1.49. The Morgan fingerprint density at radius 1 is 1.44 bits per heavy atom. The third-order valence-electron chi connectivity index (χ3n) is 3.27. The van der Waals surface area contributed by atoms with Crippen molar-refractivity contribution in [3.63, 3.8) is 0 Å². The number of rotatable bonds is 0. The van der Waals surface area contributed by atoms with Gasteiger partial charge in [-0.25, -0.2) is 0 Å². The predicted octanol–water partition coefficient (Wildman–Crippen LogP) is 0.177. The second kappa shape index (κ2) is 3.52. The lowest BCUT2D eigenvalue weighted by molar-refractivity contribution is 0.184. The summed E-state index contributed by atoms with van der Waals surface area (Å²) in [5.74, 6) is 1.20. The van der Waals surface area contributed by atoms with E-state index >= 15 is 0 Å². The van der Waals surface area contributed by atoms with Crippen molar-refractivity contribution < 1.29 is 4.74 Å². The van der Waals surface area contributed by atoms with Gasteiger partial charge in [-0.1, -0.05) is 0 Å². The fourth-order valence-corrected chi connectivity index (χ4v) is 2.42. The molecule has 16 heavy (non-hydrogen) atoms. The molecule has 3 rings (SSSR count). The van der Waals surface area contributed by atoms with Gasteiger partial charge in [-0.3, -0.25) is 0 Å². The van der Waals surface area contributed by atoms with Crippen LogP contribution < -0.4 is 15.4 Å². The molecule has 1 saturated heterocycles. The van der Waals surface area contributed by atoms with Crippen LogP contribution in [0.1, 0.15) is 0 Å². The van der Waals surface area contributed by atoms with E-state index in [0.717, 1.165) is 25.3 Å². The van der Waals surface area contributed by atoms with E-state index in [2.05, 4.69) is 21.8 Å². The quantitative estimate of drug-likeness (QED) is 0.676. The van der Waals surface area contributed by atoms with Crippen LogP contribution >= 0.6 is 0 Å². The SMILES string of the molecule is CN1CCN2c3ccc(N)nc3OC[C@@H]2C1. The first-order valence-corrected chi connectivity index (χ1v) is 5.58. The minimum Gasteiger partial charge on any atom is -0.474 e. The molecule has 1 fully saturated rings. The molecule has 1 aromatic rings. The Bertz CT molecular complexity index is 409. The Morgan fingerprint density at radius 2 is 2.31 bits per heavy atom. The summed E-state index contributed by atoms with van der Waals surface area (Å²) in [6, 6.07) is 4.29. The number of likely N-dealkylation sites (N-methyl/N-ethyl adjacent to an activating group) is 1. The molecule has 0 amide bonds. The van der Waals surface area contributed by atoms with Crippen molar-refractivity contribution in [2.24, 2.45) is 0 Å². The van der Waals surface area contributed by atoms with Crippen molar-refractivity contribution in [3.05, 3.63) is 12.1 Å². The molecule has 2 aliphatic rings. The van der Waals surface area contributed by atoms with Gasteiger partial charge in [0.2, 0.25) is 5.88 Å². The van der Waals surface area contributed by atoms with Crippen LogP contribution in [-0.2, 0) is 0 Å². The summed E-state index contributed by atoms with van der Waals surface area (Å²) < 4.78 is 5.66. The molecular formula is C11H16N4O. The highest BCUT2D eigenvalue weighted by molar-refractivity contribution is 5.60. The highest BCUT2D eigenvalue weighted by Crippen LogP contribution is 2.33. The van der Waals surface area contributed by atoms with Crippen molar-refractivity contribution in [2.45, 2.75) is 6.04 Å². The van der Waals surface area contributed by atoms with E-state index in [1.165, 1.54) is 0 Å². The largest absolute Gasteiger partial charge is 0.474 e. The average Bonchev–Trinajstić information content (AvgIpc) is 2.28. The molecule has 5 heteroatoms. The number of hydrogen-bond acceptors (Lipinski definition) is 5. The van der Waals surface area contributed by atoms with Crippen LogP contribution in [0.3, 0.4) is 0 Å². The highest BCUT2D eigenvalue weighted by atomic mass is 16.5. The van der Waals surface area contributed by atoms with Gasteiger partial charge in [0, 0.05) is 19.6 Å². The van der Waals surface area contributed by atoms with Gasteiger partial charge in [-0.2, -0.15) is 4.98 Å². The molecule has 1 aromatic heterocycles. The maximum atomic E-state index is 5.66. The Labute approximate surface area is 94.8 Å². The number of hydrogen-bond donors (Lipinski definition) is 1. The molecule has 0 saturated carbocycles. The molecule has 0 unspecified atom stereocenters. The number of nitrogen functional groups attached to an aromatic ring is 1. The fourth-order valence-electron chi connectivity index (χ4n) is 2.42. The van der Waals surface area contributed by atoms with E-state index in [9.17, 15) is 0 Å². The molecule has 0 spiro atoms. The van der Waals surface area contributed by atoms with E-state index in [4.69, 9.17) is 10.5 Å². The van der Waals surface area contributed by atoms with Gasteiger partial charge in [-0.05, 0) is 19.2 Å². The summed E-state index contributed by atoms with van der Waals surface area (Å²) in [6.07, 6.45) is 0. The summed E-state index contributed by atoms with van der Waals surface area (Å²) >= 11 is 0. The number of piperazine rings is 1. The number of nitrogens with zero attached hydrogens (tertiary/aromatic N) is 3. The first-order chi connectivity index (χ1) is 7.74. The second-order valence-electron chi connectivity index (χ2n) is 4.48. The van der Waals surface area contributed by atoms with Gasteiger partial charge in [0.1, 0.15) is 18.1 Å². The average molecular weight is 220 g/mol. The number of aromatic nitrogens is 1. The van der Waals surface area contributed by atoms with Gasteiger partial charge < -0.3 is 20.3 Å². The van der Waals surface area contributed by atoms with Crippen molar-refractivity contribution in [1.82, 2.24) is 9.88 Å². The van der Waals surface area contributed by atoms with Crippen molar-refractivity contribution >= 4 is 11.5 Å². The van der Waals surface area contributed by atoms with E-state index in [1.807, 2.05) is 12.1 Å². The molecule has 2 aliphatic heterocycles. The van der Waals surface area contributed by atoms with E-state index < -0.39 is 0 Å². The lowest BCUT2D eigenvalue weighted by Gasteiger charge is -2.44. The van der Waals surface area contributed by atoms with Crippen LogP contribution in [-0.4, -0.2) is 49.2 Å². The zero-order chi connectivity index (χ0) is 11.1. The number of fused-ring (bicyclic) bond motifs is 3. The van der Waals surface area contributed by atoms with Crippen LogP contribution in [0.4, 0.5) is 11.5 Å². The molecule has 86 valence electrons. The Kier molecular flexibility index (Phi) is 2.14. The molecule has 0 radical (unpaired) electrons. The number of anilines is 2. The van der Waals surface area contributed by atoms with E-state index in [1.54, 1.807) is 0 Å². The van der Waals surface area contributed by atoms with Gasteiger partial charge in [0.15, 0.2) is 0 Å². The Morgan fingerprint density at radius 3 is 3.19 bits per heavy atom. The lowest BCUT2D eigenvalue weighted by atomic mass is 10.1. The topological polar surface area (TPSA) is 54.6 Å². The first-order valence-electron chi connectivity index (χ1n) is 5.58. The molecule has 5 nitrogen and oxygen atoms in total. The van der Waals surface area contributed by atoms with Gasteiger partial charge >= 0.3 is 0 Å². The zero-order valence-electron chi connectivity index (χ0n) is 9.39. The van der Waals surface area contributed by atoms with Crippen LogP contribution in [0.5, 0.6) is 5.88 Å². The molecule has 0 aliphatic carbocycles. The highest BCUT2D eigenvalue weighted by Gasteiger charge is 2.32.